The summed E-state index contributed by atoms with van der Waals surface area (Å²) < 4.78 is 0.177. The van der Waals surface area contributed by atoms with Crippen molar-refractivity contribution >= 4 is 53.4 Å². The van der Waals surface area contributed by atoms with Crippen LogP contribution in [0, 0.1) is 11.3 Å². The lowest BCUT2D eigenvalue weighted by atomic mass is 10.2. The third-order valence-corrected chi connectivity index (χ3v) is 4.94. The number of rotatable bonds is 6. The van der Waals surface area contributed by atoms with E-state index in [1.807, 2.05) is 12.1 Å². The number of nitrogens with zero attached hydrogens (tertiary/aromatic N) is 1. The molecule has 0 saturated heterocycles. The van der Waals surface area contributed by atoms with Crippen LogP contribution in [0.4, 0.5) is 5.69 Å². The summed E-state index contributed by atoms with van der Waals surface area (Å²) in [5, 5.41) is 12.2. The number of halogens is 1. The largest absolute Gasteiger partial charge is 0.320 e. The number of nitrogens with one attached hydrogen (secondary N) is 1. The van der Waals surface area contributed by atoms with E-state index in [-0.39, 0.29) is 21.3 Å². The van der Waals surface area contributed by atoms with E-state index in [1.54, 1.807) is 48.5 Å². The fraction of sp³-hybridized carbons (Fsp3) is 0.0556. The molecule has 0 aromatic heterocycles. The van der Waals surface area contributed by atoms with Crippen molar-refractivity contribution in [1.29, 1.82) is 5.26 Å². The van der Waals surface area contributed by atoms with Crippen LogP contribution in [0.15, 0.2) is 64.4 Å². The van der Waals surface area contributed by atoms with Gasteiger partial charge in [0.25, 0.3) is 5.91 Å². The lowest BCUT2D eigenvalue weighted by Crippen LogP contribution is -2.14. The van der Waals surface area contributed by atoms with E-state index in [0.29, 0.717) is 16.3 Å². The van der Waals surface area contributed by atoms with Gasteiger partial charge in [-0.3, -0.25) is 9.59 Å². The first-order chi connectivity index (χ1) is 12.0. The van der Waals surface area contributed by atoms with Crippen LogP contribution in [0.25, 0.3) is 0 Å². The number of hydrogen-bond acceptors (Lipinski definition) is 5. The Kier molecular flexibility index (Phi) is 7.14. The topological polar surface area (TPSA) is 70.0 Å². The van der Waals surface area contributed by atoms with Crippen LogP contribution in [-0.2, 0) is 4.79 Å². The fourth-order valence-corrected chi connectivity index (χ4v) is 3.10. The van der Waals surface area contributed by atoms with E-state index in [9.17, 15) is 14.9 Å². The van der Waals surface area contributed by atoms with E-state index < -0.39 is 5.91 Å². The van der Waals surface area contributed by atoms with Crippen molar-refractivity contribution in [2.24, 2.45) is 0 Å². The van der Waals surface area contributed by atoms with Gasteiger partial charge in [0, 0.05) is 5.56 Å². The van der Waals surface area contributed by atoms with Gasteiger partial charge in [-0.25, -0.2) is 0 Å². The van der Waals surface area contributed by atoms with Gasteiger partial charge in [-0.1, -0.05) is 54.1 Å². The molecule has 0 bridgehead atoms. The highest BCUT2D eigenvalue weighted by molar-refractivity contribution is 8.16. The van der Waals surface area contributed by atoms with Gasteiger partial charge in [0.2, 0.25) is 0 Å². The highest BCUT2D eigenvalue weighted by Gasteiger charge is 2.16. The number of thiol groups is 1. The quantitative estimate of drug-likeness (QED) is 0.329. The molecule has 25 heavy (non-hydrogen) atoms. The molecule has 0 aliphatic rings. The molecule has 0 aliphatic carbocycles. The molecule has 7 heteroatoms. The van der Waals surface area contributed by atoms with Crippen LogP contribution < -0.4 is 5.32 Å². The molecule has 0 atom stereocenters. The van der Waals surface area contributed by atoms with Crippen molar-refractivity contribution in [3.05, 3.63) is 75.0 Å². The Bertz CT molecular complexity index is 861. The van der Waals surface area contributed by atoms with Crippen LogP contribution in [-0.4, -0.2) is 17.4 Å². The average molecular weight is 389 g/mol. The predicted octanol–water partition coefficient (Wildman–Crippen LogP) is 4.56. The van der Waals surface area contributed by atoms with E-state index >= 15 is 0 Å². The maximum absolute atomic E-state index is 12.3. The average Bonchev–Trinajstić information content (AvgIpc) is 2.63. The van der Waals surface area contributed by atoms with Gasteiger partial charge in [0.15, 0.2) is 5.78 Å². The molecule has 126 valence electrons. The number of carbonyl (C=O) groups excluding carboxylic acids is 2. The normalized spacial score (nSPS) is 11.2. The summed E-state index contributed by atoms with van der Waals surface area (Å²) in [6.45, 7) is 0. The molecule has 0 saturated carbocycles. The maximum atomic E-state index is 12.3. The zero-order valence-electron chi connectivity index (χ0n) is 12.9. The zero-order chi connectivity index (χ0) is 18.2. The van der Waals surface area contributed by atoms with Crippen LogP contribution in [0.5, 0.6) is 0 Å². The third kappa shape index (κ3) is 5.40. The molecule has 2 rings (SSSR count). The summed E-state index contributed by atoms with van der Waals surface area (Å²) >= 11 is 11.2. The second-order valence-electron chi connectivity index (χ2n) is 4.80. The molecule has 0 fully saturated rings. The van der Waals surface area contributed by atoms with Gasteiger partial charge in [0.1, 0.15) is 11.6 Å². The molecule has 4 nitrogen and oxygen atoms in total. The minimum Gasteiger partial charge on any atom is -0.320 e. The van der Waals surface area contributed by atoms with E-state index in [1.165, 1.54) is 0 Å². The number of nitriles is 1. The molecule has 0 radical (unpaired) electrons. The van der Waals surface area contributed by atoms with Gasteiger partial charge in [-0.15, -0.1) is 24.4 Å². The standard InChI is InChI=1S/C18H13ClN2O2S2/c19-14-8-4-5-9-15(14)21-17(23)13(10-20)18(24)25-11-16(22)12-6-2-1-3-7-12/h1-9,24H,11H2,(H,21,23)/b18-13+. The number of Topliss-reactive ketones (excluding diaryl/α,β-unsaturated/α-hetero) is 1. The first-order valence-corrected chi connectivity index (χ1v) is 8.94. The van der Waals surface area contributed by atoms with Crippen LogP contribution in [0.3, 0.4) is 0 Å². The van der Waals surface area contributed by atoms with Gasteiger partial charge in [0.05, 0.1) is 20.7 Å². The number of amides is 1. The van der Waals surface area contributed by atoms with Gasteiger partial charge >= 0.3 is 0 Å². The molecule has 0 unspecified atom stereocenters. The van der Waals surface area contributed by atoms with Crippen molar-refractivity contribution in [2.45, 2.75) is 0 Å². The Morgan fingerprint density at radius 1 is 1.12 bits per heavy atom. The second kappa shape index (κ2) is 9.33. The summed E-state index contributed by atoms with van der Waals surface area (Å²) in [6, 6.07) is 17.3. The SMILES string of the molecule is N#C/C(C(=O)Nc1ccccc1Cl)=C(/S)SCC(=O)c1ccccc1. The van der Waals surface area contributed by atoms with Gasteiger partial charge < -0.3 is 5.32 Å². The Morgan fingerprint density at radius 2 is 1.76 bits per heavy atom. The smallest absolute Gasteiger partial charge is 0.268 e. The second-order valence-corrected chi connectivity index (χ2v) is 6.95. The lowest BCUT2D eigenvalue weighted by molar-refractivity contribution is -0.112. The molecule has 2 aromatic carbocycles. The van der Waals surface area contributed by atoms with Crippen molar-refractivity contribution < 1.29 is 9.59 Å². The number of hydrogen-bond donors (Lipinski definition) is 2. The monoisotopic (exact) mass is 388 g/mol. The predicted molar refractivity (Wildman–Crippen MR) is 105 cm³/mol. The number of benzene rings is 2. The van der Waals surface area contributed by atoms with E-state index in [2.05, 4.69) is 17.9 Å². The van der Waals surface area contributed by atoms with Gasteiger partial charge in [-0.2, -0.15) is 5.26 Å². The minimum absolute atomic E-state index is 0.0768. The van der Waals surface area contributed by atoms with Gasteiger partial charge in [-0.05, 0) is 12.1 Å². The summed E-state index contributed by atoms with van der Waals surface area (Å²) in [4.78, 5) is 24.3. The molecular weight excluding hydrogens is 376 g/mol. The highest BCUT2D eigenvalue weighted by atomic mass is 35.5. The van der Waals surface area contributed by atoms with E-state index in [0.717, 1.165) is 11.8 Å². The Balaban J connectivity index is 2.07. The van der Waals surface area contributed by atoms with E-state index in [4.69, 9.17) is 11.6 Å². The maximum Gasteiger partial charge on any atom is 0.268 e. The molecule has 1 amide bonds. The Hall–Kier alpha value is -2.20. The van der Waals surface area contributed by atoms with Crippen LogP contribution in [0.2, 0.25) is 5.02 Å². The van der Waals surface area contributed by atoms with Crippen LogP contribution in [0.1, 0.15) is 10.4 Å². The summed E-state index contributed by atoms with van der Waals surface area (Å²) in [7, 11) is 0. The minimum atomic E-state index is -0.625. The molecule has 0 spiro atoms. The first kappa shape index (κ1) is 19.1. The Morgan fingerprint density at radius 3 is 2.40 bits per heavy atom. The highest BCUT2D eigenvalue weighted by Crippen LogP contribution is 2.26. The number of thioether (sulfide) groups is 1. The van der Waals surface area contributed by atoms with Crippen molar-refractivity contribution in [2.75, 3.05) is 11.1 Å². The molecule has 0 aliphatic heterocycles. The summed E-state index contributed by atoms with van der Waals surface area (Å²) in [5.74, 6) is -0.658. The number of anilines is 1. The number of para-hydroxylation sites is 1. The summed E-state index contributed by atoms with van der Waals surface area (Å²) in [5.41, 5.74) is 0.790. The Labute approximate surface area is 160 Å². The number of carbonyl (C=O) groups is 2. The van der Waals surface area contributed by atoms with Crippen molar-refractivity contribution in [3.8, 4) is 6.07 Å². The first-order valence-electron chi connectivity index (χ1n) is 7.13. The van der Waals surface area contributed by atoms with Crippen molar-refractivity contribution in [1.82, 2.24) is 0 Å². The molecule has 1 N–H and O–H groups in total. The fourth-order valence-electron chi connectivity index (χ4n) is 1.86. The zero-order valence-corrected chi connectivity index (χ0v) is 15.4. The lowest BCUT2D eigenvalue weighted by Gasteiger charge is -2.08. The number of ketones is 1. The molecule has 0 heterocycles. The summed E-state index contributed by atoms with van der Waals surface area (Å²) in [6.07, 6.45) is 0. The third-order valence-electron chi connectivity index (χ3n) is 3.11. The van der Waals surface area contributed by atoms with Crippen LogP contribution >= 0.6 is 36.0 Å². The molecule has 2 aromatic rings. The van der Waals surface area contributed by atoms with Crippen molar-refractivity contribution in [3.63, 3.8) is 0 Å². The molecular formula is C18H13ClN2O2S2.